The number of amides is 4. The SMILES string of the molecule is O=C(CNC(=O)OCc1ccccc1)NCC(=O)NC(Cc1ccccc1)C(=O)Nc1ccc2ccccc2c1. The normalized spacial score (nSPS) is 11.2. The first-order valence-electron chi connectivity index (χ1n) is 12.8. The summed E-state index contributed by atoms with van der Waals surface area (Å²) < 4.78 is 5.06. The van der Waals surface area contributed by atoms with Crippen LogP contribution in [0.1, 0.15) is 11.1 Å². The molecule has 1 atom stereocenters. The molecule has 0 saturated heterocycles. The van der Waals surface area contributed by atoms with Crippen molar-refractivity contribution >= 4 is 40.3 Å². The largest absolute Gasteiger partial charge is 0.445 e. The number of rotatable bonds is 11. The van der Waals surface area contributed by atoms with E-state index < -0.39 is 23.9 Å². The Bertz CT molecular complexity index is 1460. The van der Waals surface area contributed by atoms with E-state index in [4.69, 9.17) is 4.74 Å². The lowest BCUT2D eigenvalue weighted by Gasteiger charge is -2.19. The van der Waals surface area contributed by atoms with E-state index in [1.165, 1.54) is 0 Å². The van der Waals surface area contributed by atoms with Crippen LogP contribution in [0.5, 0.6) is 0 Å². The number of alkyl carbamates (subject to hydrolysis) is 1. The Hall–Kier alpha value is -5.18. The molecule has 9 nitrogen and oxygen atoms in total. The maximum absolute atomic E-state index is 13.2. The fourth-order valence-corrected chi connectivity index (χ4v) is 3.97. The third-order valence-corrected chi connectivity index (χ3v) is 6.00. The standard InChI is InChI=1S/C31H30N4O5/c36-28(19-33-31(39)40-21-23-11-5-2-6-12-23)32-20-29(37)35-27(17-22-9-3-1-4-10-22)30(38)34-26-16-15-24-13-7-8-14-25(24)18-26/h1-16,18,27H,17,19-21H2,(H,32,36)(H,33,39)(H,34,38)(H,35,37). The molecule has 4 aromatic carbocycles. The van der Waals surface area contributed by atoms with Crippen molar-refractivity contribution in [3.8, 4) is 0 Å². The second-order valence-electron chi connectivity index (χ2n) is 9.05. The number of carbonyl (C=O) groups excluding carboxylic acids is 4. The summed E-state index contributed by atoms with van der Waals surface area (Å²) >= 11 is 0. The summed E-state index contributed by atoms with van der Waals surface area (Å²) in [6.45, 7) is -0.661. The van der Waals surface area contributed by atoms with Crippen LogP contribution in [0.2, 0.25) is 0 Å². The first-order chi connectivity index (χ1) is 19.5. The quantitative estimate of drug-likeness (QED) is 0.232. The van der Waals surface area contributed by atoms with Crippen molar-refractivity contribution in [2.45, 2.75) is 19.1 Å². The minimum Gasteiger partial charge on any atom is -0.445 e. The van der Waals surface area contributed by atoms with Crippen molar-refractivity contribution in [3.05, 3.63) is 114 Å². The average Bonchev–Trinajstić information content (AvgIpc) is 2.98. The van der Waals surface area contributed by atoms with Gasteiger partial charge in [-0.05, 0) is 34.0 Å². The van der Waals surface area contributed by atoms with Gasteiger partial charge < -0.3 is 26.0 Å². The van der Waals surface area contributed by atoms with E-state index in [9.17, 15) is 19.2 Å². The third-order valence-electron chi connectivity index (χ3n) is 6.00. The summed E-state index contributed by atoms with van der Waals surface area (Å²) in [4.78, 5) is 49.8. The van der Waals surface area contributed by atoms with Crippen molar-refractivity contribution in [2.24, 2.45) is 0 Å². The molecule has 4 amide bonds. The molecule has 4 N–H and O–H groups in total. The molecule has 40 heavy (non-hydrogen) atoms. The second-order valence-corrected chi connectivity index (χ2v) is 9.05. The molecule has 0 spiro atoms. The number of nitrogens with one attached hydrogen (secondary N) is 4. The van der Waals surface area contributed by atoms with E-state index in [0.717, 1.165) is 21.9 Å². The van der Waals surface area contributed by atoms with Gasteiger partial charge in [0.25, 0.3) is 0 Å². The lowest BCUT2D eigenvalue weighted by molar-refractivity contribution is -0.128. The maximum atomic E-state index is 13.2. The first kappa shape index (κ1) is 27.8. The fraction of sp³-hybridized carbons (Fsp3) is 0.161. The second kappa shape index (κ2) is 14.1. The van der Waals surface area contributed by atoms with Gasteiger partial charge in [0.1, 0.15) is 19.2 Å². The van der Waals surface area contributed by atoms with Crippen molar-refractivity contribution < 1.29 is 23.9 Å². The van der Waals surface area contributed by atoms with Gasteiger partial charge in [0, 0.05) is 12.1 Å². The zero-order valence-electron chi connectivity index (χ0n) is 21.8. The predicted octanol–water partition coefficient (Wildman–Crippen LogP) is 3.55. The summed E-state index contributed by atoms with van der Waals surface area (Å²) in [7, 11) is 0. The highest BCUT2D eigenvalue weighted by atomic mass is 16.5. The maximum Gasteiger partial charge on any atom is 0.407 e. The summed E-state index contributed by atoms with van der Waals surface area (Å²) in [5.74, 6) is -1.51. The Balaban J connectivity index is 1.28. The predicted molar refractivity (Wildman–Crippen MR) is 152 cm³/mol. The zero-order valence-corrected chi connectivity index (χ0v) is 21.8. The molecule has 0 fully saturated rings. The fourth-order valence-electron chi connectivity index (χ4n) is 3.97. The highest BCUT2D eigenvalue weighted by Crippen LogP contribution is 2.19. The monoisotopic (exact) mass is 538 g/mol. The van der Waals surface area contributed by atoms with E-state index in [-0.39, 0.29) is 32.0 Å². The van der Waals surface area contributed by atoms with E-state index in [2.05, 4.69) is 21.3 Å². The molecule has 0 aromatic heterocycles. The number of fused-ring (bicyclic) bond motifs is 1. The van der Waals surface area contributed by atoms with Crippen molar-refractivity contribution in [3.63, 3.8) is 0 Å². The van der Waals surface area contributed by atoms with Gasteiger partial charge in [-0.1, -0.05) is 91.0 Å². The molecule has 9 heteroatoms. The third kappa shape index (κ3) is 8.70. The van der Waals surface area contributed by atoms with Crippen LogP contribution in [0.25, 0.3) is 10.8 Å². The smallest absolute Gasteiger partial charge is 0.407 e. The minimum absolute atomic E-state index is 0.0702. The average molecular weight is 539 g/mol. The van der Waals surface area contributed by atoms with E-state index >= 15 is 0 Å². The molecule has 204 valence electrons. The van der Waals surface area contributed by atoms with Crippen LogP contribution in [0.4, 0.5) is 10.5 Å². The summed E-state index contributed by atoms with van der Waals surface area (Å²) in [5, 5.41) is 12.4. The van der Waals surface area contributed by atoms with E-state index in [0.29, 0.717) is 5.69 Å². The number of ether oxygens (including phenoxy) is 1. The van der Waals surface area contributed by atoms with Crippen LogP contribution in [0.15, 0.2) is 103 Å². The molecule has 4 rings (SSSR count). The van der Waals surface area contributed by atoms with Gasteiger partial charge in [-0.25, -0.2) is 4.79 Å². The number of hydrogen-bond donors (Lipinski definition) is 4. The number of carbonyl (C=O) groups is 4. The van der Waals surface area contributed by atoms with Crippen LogP contribution < -0.4 is 21.3 Å². The highest BCUT2D eigenvalue weighted by Gasteiger charge is 2.22. The van der Waals surface area contributed by atoms with E-state index in [1.54, 1.807) is 6.07 Å². The molecule has 0 radical (unpaired) electrons. The Morgan fingerprint density at radius 2 is 1.27 bits per heavy atom. The topological polar surface area (TPSA) is 126 Å². The summed E-state index contributed by atoms with van der Waals surface area (Å²) in [5.41, 5.74) is 2.28. The Morgan fingerprint density at radius 3 is 2.00 bits per heavy atom. The van der Waals surface area contributed by atoms with Crippen LogP contribution in [0.3, 0.4) is 0 Å². The molecule has 1 unspecified atom stereocenters. The van der Waals surface area contributed by atoms with Crippen LogP contribution in [-0.4, -0.2) is 42.9 Å². The molecule has 0 aliphatic heterocycles. The Kier molecular flexibility index (Phi) is 9.82. The molecule has 0 aliphatic carbocycles. The van der Waals surface area contributed by atoms with Gasteiger partial charge in [-0.2, -0.15) is 0 Å². The van der Waals surface area contributed by atoms with Gasteiger partial charge in [-0.3, -0.25) is 14.4 Å². The van der Waals surface area contributed by atoms with Crippen LogP contribution in [-0.2, 0) is 32.1 Å². The van der Waals surface area contributed by atoms with Gasteiger partial charge in [0.15, 0.2) is 0 Å². The lowest BCUT2D eigenvalue weighted by Crippen LogP contribution is -2.49. The molecule has 0 bridgehead atoms. The molecule has 0 heterocycles. The van der Waals surface area contributed by atoms with Gasteiger partial charge >= 0.3 is 6.09 Å². The van der Waals surface area contributed by atoms with E-state index in [1.807, 2.05) is 97.1 Å². The molecule has 4 aromatic rings. The summed E-state index contributed by atoms with van der Waals surface area (Å²) in [6, 6.07) is 30.9. The van der Waals surface area contributed by atoms with Crippen molar-refractivity contribution in [1.82, 2.24) is 16.0 Å². The van der Waals surface area contributed by atoms with Crippen molar-refractivity contribution in [1.29, 1.82) is 0 Å². The molecular weight excluding hydrogens is 508 g/mol. The molecular formula is C31H30N4O5. The Morgan fingerprint density at radius 1 is 0.650 bits per heavy atom. The first-order valence-corrected chi connectivity index (χ1v) is 12.8. The number of anilines is 1. The molecule has 0 saturated carbocycles. The van der Waals surface area contributed by atoms with Crippen LogP contribution >= 0.6 is 0 Å². The molecule has 0 aliphatic rings. The van der Waals surface area contributed by atoms with Crippen molar-refractivity contribution in [2.75, 3.05) is 18.4 Å². The van der Waals surface area contributed by atoms with Crippen LogP contribution in [0, 0.1) is 0 Å². The number of benzene rings is 4. The zero-order chi connectivity index (χ0) is 28.2. The van der Waals surface area contributed by atoms with Gasteiger partial charge in [0.05, 0.1) is 6.54 Å². The highest BCUT2D eigenvalue weighted by molar-refractivity contribution is 5.99. The Labute approximate surface area is 231 Å². The van der Waals surface area contributed by atoms with Gasteiger partial charge in [-0.15, -0.1) is 0 Å². The minimum atomic E-state index is -0.885. The number of hydrogen-bond acceptors (Lipinski definition) is 5. The summed E-state index contributed by atoms with van der Waals surface area (Å²) in [6.07, 6.45) is -0.494. The lowest BCUT2D eigenvalue weighted by atomic mass is 10.0. The van der Waals surface area contributed by atoms with Gasteiger partial charge in [0.2, 0.25) is 17.7 Å².